The van der Waals surface area contributed by atoms with Gasteiger partial charge in [-0.05, 0) is 44.9 Å². The lowest BCUT2D eigenvalue weighted by molar-refractivity contribution is -0.167. The second-order valence-electron chi connectivity index (χ2n) is 25.2. The van der Waals surface area contributed by atoms with Gasteiger partial charge in [0, 0.05) is 19.3 Å². The van der Waals surface area contributed by atoms with Gasteiger partial charge in [-0.3, -0.25) is 14.4 Å². The lowest BCUT2D eigenvalue weighted by Crippen LogP contribution is -2.30. The average Bonchev–Trinajstić information content (AvgIpc) is 3.46. The molecule has 0 heterocycles. The summed E-state index contributed by atoms with van der Waals surface area (Å²) in [6, 6.07) is 0. The van der Waals surface area contributed by atoms with E-state index in [-0.39, 0.29) is 31.1 Å². The van der Waals surface area contributed by atoms with E-state index in [1.807, 2.05) is 0 Å². The molecule has 6 heteroatoms. The van der Waals surface area contributed by atoms with Gasteiger partial charge in [0.15, 0.2) is 6.10 Å². The zero-order chi connectivity index (χ0) is 57.8. The van der Waals surface area contributed by atoms with Gasteiger partial charge < -0.3 is 14.2 Å². The Morgan fingerprint density at radius 3 is 0.625 bits per heavy atom. The summed E-state index contributed by atoms with van der Waals surface area (Å²) in [5.74, 6) is -0.843. The average molecular weight is 1130 g/mol. The van der Waals surface area contributed by atoms with Gasteiger partial charge in [0.2, 0.25) is 0 Å². The van der Waals surface area contributed by atoms with Crippen molar-refractivity contribution in [1.29, 1.82) is 0 Å². The molecule has 0 aliphatic carbocycles. The van der Waals surface area contributed by atoms with Crippen molar-refractivity contribution in [1.82, 2.24) is 0 Å². The number of rotatable bonds is 69. The molecule has 0 saturated heterocycles. The molecule has 1 atom stereocenters. The third-order valence-corrected chi connectivity index (χ3v) is 17.0. The van der Waals surface area contributed by atoms with Gasteiger partial charge in [-0.15, -0.1) is 0 Å². The molecule has 0 amide bonds. The van der Waals surface area contributed by atoms with Crippen LogP contribution < -0.4 is 0 Å². The van der Waals surface area contributed by atoms with E-state index in [4.69, 9.17) is 14.2 Å². The molecule has 0 aliphatic rings. The molecule has 0 aromatic rings. The molecule has 0 fully saturated rings. The van der Waals surface area contributed by atoms with Crippen LogP contribution in [0.25, 0.3) is 0 Å². The molecule has 0 saturated carbocycles. The highest BCUT2D eigenvalue weighted by atomic mass is 16.6. The molecular formula is C74H142O6. The Balaban J connectivity index is 4.03. The van der Waals surface area contributed by atoms with Crippen molar-refractivity contribution in [2.24, 2.45) is 0 Å². The first kappa shape index (κ1) is 78.1. The van der Waals surface area contributed by atoms with Crippen LogP contribution in [-0.4, -0.2) is 37.2 Å². The van der Waals surface area contributed by atoms with Gasteiger partial charge in [0.05, 0.1) is 0 Å². The fraction of sp³-hybridized carbons (Fsp3) is 0.932. The predicted octanol–water partition coefficient (Wildman–Crippen LogP) is 25.2. The molecule has 80 heavy (non-hydrogen) atoms. The summed E-state index contributed by atoms with van der Waals surface area (Å²) < 4.78 is 17.0. The minimum absolute atomic E-state index is 0.0668. The highest BCUT2D eigenvalue weighted by Gasteiger charge is 2.20. The normalized spacial score (nSPS) is 12.0. The molecule has 474 valence electrons. The molecule has 0 aromatic heterocycles. The van der Waals surface area contributed by atoms with E-state index in [1.54, 1.807) is 0 Å². The van der Waals surface area contributed by atoms with E-state index in [1.165, 1.54) is 321 Å². The summed E-state index contributed by atoms with van der Waals surface area (Å²) in [6.45, 7) is 6.71. The third-order valence-electron chi connectivity index (χ3n) is 17.0. The monoisotopic (exact) mass is 1130 g/mol. The summed E-state index contributed by atoms with van der Waals surface area (Å²) >= 11 is 0. The van der Waals surface area contributed by atoms with E-state index in [0.717, 1.165) is 64.2 Å². The van der Waals surface area contributed by atoms with E-state index in [2.05, 4.69) is 32.9 Å². The number of hydrogen-bond acceptors (Lipinski definition) is 6. The first-order chi connectivity index (χ1) is 39.5. The van der Waals surface area contributed by atoms with Crippen molar-refractivity contribution in [3.8, 4) is 0 Å². The van der Waals surface area contributed by atoms with Crippen molar-refractivity contribution in [3.63, 3.8) is 0 Å². The number of hydrogen-bond donors (Lipinski definition) is 0. The molecule has 1 unspecified atom stereocenters. The Morgan fingerprint density at radius 2 is 0.412 bits per heavy atom. The number of allylic oxidation sites excluding steroid dienone is 2. The Labute approximate surface area is 501 Å². The summed E-state index contributed by atoms with van der Waals surface area (Å²) in [6.07, 6.45) is 84.2. The fourth-order valence-electron chi connectivity index (χ4n) is 11.5. The molecule has 6 nitrogen and oxygen atoms in total. The summed E-state index contributed by atoms with van der Waals surface area (Å²) in [4.78, 5) is 38.3. The summed E-state index contributed by atoms with van der Waals surface area (Å²) in [5, 5.41) is 0. The molecule has 0 bridgehead atoms. The number of carbonyl (C=O) groups excluding carboxylic acids is 3. The third kappa shape index (κ3) is 66.9. The van der Waals surface area contributed by atoms with Gasteiger partial charge in [-0.25, -0.2) is 0 Å². The predicted molar refractivity (Wildman–Crippen MR) is 349 cm³/mol. The largest absolute Gasteiger partial charge is 0.462 e. The van der Waals surface area contributed by atoms with Crippen LogP contribution in [0.5, 0.6) is 0 Å². The zero-order valence-electron chi connectivity index (χ0n) is 54.6. The SMILES string of the molecule is CCCCCCCC/C=C\CCCCCCCC(=O)OC(COC(=O)CCCCCCCCCCCCCCC)COC(=O)CCCCCCCCCCCCCCCCCCCCCCCCCCCCCCCCCCCC. The van der Waals surface area contributed by atoms with E-state index < -0.39 is 6.10 Å². The van der Waals surface area contributed by atoms with E-state index in [9.17, 15) is 14.4 Å². The standard InChI is InChI=1S/C74H142O6/c1-4-7-10-13-16-19-22-25-27-28-29-30-31-32-33-34-35-36-37-38-39-40-41-42-43-44-45-47-49-52-55-58-61-64-67-73(76)79-70-71(69-78-72(75)66-63-60-57-54-51-48-24-21-18-15-12-9-6-3)80-74(77)68-65-62-59-56-53-50-46-26-23-20-17-14-11-8-5-2/h26,46,71H,4-25,27-45,47-70H2,1-3H3/b46-26-. The Morgan fingerprint density at radius 1 is 0.237 bits per heavy atom. The van der Waals surface area contributed by atoms with Crippen molar-refractivity contribution in [2.45, 2.75) is 431 Å². The molecule has 0 aliphatic heterocycles. The topological polar surface area (TPSA) is 78.9 Å². The van der Waals surface area contributed by atoms with E-state index >= 15 is 0 Å². The highest BCUT2D eigenvalue weighted by molar-refractivity contribution is 5.71. The maximum absolute atomic E-state index is 12.9. The smallest absolute Gasteiger partial charge is 0.306 e. The summed E-state index contributed by atoms with van der Waals surface area (Å²) in [5.41, 5.74) is 0. The Hall–Kier alpha value is -1.85. The number of ether oxygens (including phenoxy) is 3. The van der Waals surface area contributed by atoms with Crippen LogP contribution >= 0.6 is 0 Å². The second-order valence-corrected chi connectivity index (χ2v) is 25.2. The van der Waals surface area contributed by atoms with Crippen LogP contribution in [-0.2, 0) is 28.6 Å². The maximum Gasteiger partial charge on any atom is 0.306 e. The van der Waals surface area contributed by atoms with Crippen LogP contribution in [0.15, 0.2) is 12.2 Å². The fourth-order valence-corrected chi connectivity index (χ4v) is 11.5. The number of carbonyl (C=O) groups is 3. The van der Waals surface area contributed by atoms with Gasteiger partial charge in [0.1, 0.15) is 13.2 Å². The maximum atomic E-state index is 12.9. The Bertz CT molecular complexity index is 1250. The highest BCUT2D eigenvalue weighted by Crippen LogP contribution is 2.19. The first-order valence-electron chi connectivity index (χ1n) is 36.7. The van der Waals surface area contributed by atoms with Crippen molar-refractivity contribution < 1.29 is 28.6 Å². The lowest BCUT2D eigenvalue weighted by atomic mass is 10.0. The second kappa shape index (κ2) is 69.6. The van der Waals surface area contributed by atoms with E-state index in [0.29, 0.717) is 19.3 Å². The van der Waals surface area contributed by atoms with Gasteiger partial charge >= 0.3 is 17.9 Å². The first-order valence-corrected chi connectivity index (χ1v) is 36.7. The molecule has 0 N–H and O–H groups in total. The van der Waals surface area contributed by atoms with Crippen molar-refractivity contribution in [3.05, 3.63) is 12.2 Å². The molecule has 0 rings (SSSR count). The number of unbranched alkanes of at least 4 members (excludes halogenated alkanes) is 56. The van der Waals surface area contributed by atoms with Gasteiger partial charge in [-0.2, -0.15) is 0 Å². The summed E-state index contributed by atoms with van der Waals surface area (Å²) in [7, 11) is 0. The minimum atomic E-state index is -0.770. The van der Waals surface area contributed by atoms with Gasteiger partial charge in [-0.1, -0.05) is 373 Å². The number of esters is 3. The molecule has 0 spiro atoms. The minimum Gasteiger partial charge on any atom is -0.462 e. The van der Waals surface area contributed by atoms with Crippen LogP contribution in [0, 0.1) is 0 Å². The van der Waals surface area contributed by atoms with Crippen LogP contribution in [0.2, 0.25) is 0 Å². The van der Waals surface area contributed by atoms with Crippen LogP contribution in [0.3, 0.4) is 0 Å². The van der Waals surface area contributed by atoms with Crippen LogP contribution in [0.1, 0.15) is 425 Å². The van der Waals surface area contributed by atoms with Crippen molar-refractivity contribution >= 4 is 17.9 Å². The van der Waals surface area contributed by atoms with Crippen LogP contribution in [0.4, 0.5) is 0 Å². The Kier molecular flexibility index (Phi) is 68.0. The molecular weight excluding hydrogens is 985 g/mol. The van der Waals surface area contributed by atoms with Gasteiger partial charge in [0.25, 0.3) is 0 Å². The molecule has 0 aromatic carbocycles. The zero-order valence-corrected chi connectivity index (χ0v) is 54.6. The van der Waals surface area contributed by atoms with Crippen molar-refractivity contribution in [2.75, 3.05) is 13.2 Å². The molecule has 0 radical (unpaired) electrons. The lowest BCUT2D eigenvalue weighted by Gasteiger charge is -2.18. The quantitative estimate of drug-likeness (QED) is 0.0261.